The first-order valence-electron chi connectivity index (χ1n) is 7.22. The Morgan fingerprint density at radius 1 is 1.35 bits per heavy atom. The minimum atomic E-state index is -3.37. The van der Waals surface area contributed by atoms with Gasteiger partial charge < -0.3 is 5.32 Å². The van der Waals surface area contributed by atoms with E-state index in [9.17, 15) is 13.2 Å². The number of nitrogens with zero attached hydrogens (tertiary/aromatic N) is 2. The molecule has 2 heterocycles. The third-order valence-corrected chi connectivity index (χ3v) is 6.36. The molecule has 1 aliphatic rings. The van der Waals surface area contributed by atoms with Crippen molar-refractivity contribution in [1.82, 2.24) is 9.29 Å². The summed E-state index contributed by atoms with van der Waals surface area (Å²) in [6, 6.07) is 9.16. The smallest absolute Gasteiger partial charge is 0.223 e. The summed E-state index contributed by atoms with van der Waals surface area (Å²) in [6.45, 7) is 2.17. The molecule has 6 nitrogen and oxygen atoms in total. The molecule has 122 valence electrons. The Morgan fingerprint density at radius 2 is 2.09 bits per heavy atom. The molecule has 23 heavy (non-hydrogen) atoms. The minimum Gasteiger partial charge on any atom is -0.302 e. The van der Waals surface area contributed by atoms with Crippen LogP contribution in [0.15, 0.2) is 30.3 Å². The molecule has 2 aromatic rings. The van der Waals surface area contributed by atoms with Gasteiger partial charge in [-0.1, -0.05) is 30.3 Å². The van der Waals surface area contributed by atoms with Crippen molar-refractivity contribution in [2.75, 3.05) is 11.9 Å². The molecule has 1 aromatic carbocycles. The molecular formula is C15H17N3O3S2. The molecule has 0 saturated carbocycles. The zero-order chi connectivity index (χ0) is 16.4. The van der Waals surface area contributed by atoms with Gasteiger partial charge in [0.1, 0.15) is 0 Å². The van der Waals surface area contributed by atoms with Crippen LogP contribution in [0.4, 0.5) is 5.13 Å². The molecule has 3 rings (SSSR count). The number of fused-ring (bicyclic) bond motifs is 1. The van der Waals surface area contributed by atoms with Crippen molar-refractivity contribution in [1.29, 1.82) is 0 Å². The lowest BCUT2D eigenvalue weighted by molar-refractivity contribution is -0.114. The largest absolute Gasteiger partial charge is 0.302 e. The second-order valence-electron chi connectivity index (χ2n) is 5.40. The van der Waals surface area contributed by atoms with Crippen molar-refractivity contribution >= 4 is 32.4 Å². The molecule has 0 aliphatic carbocycles. The first-order chi connectivity index (χ1) is 10.9. The van der Waals surface area contributed by atoms with Gasteiger partial charge in [0, 0.05) is 31.3 Å². The monoisotopic (exact) mass is 351 g/mol. The molecular weight excluding hydrogens is 334 g/mol. The van der Waals surface area contributed by atoms with E-state index in [0.717, 1.165) is 16.1 Å². The molecule has 1 N–H and O–H groups in total. The number of rotatable bonds is 4. The number of thiazole rings is 1. The Morgan fingerprint density at radius 3 is 2.78 bits per heavy atom. The van der Waals surface area contributed by atoms with Gasteiger partial charge in [-0.2, -0.15) is 4.31 Å². The van der Waals surface area contributed by atoms with Gasteiger partial charge in [0.25, 0.3) is 0 Å². The van der Waals surface area contributed by atoms with Gasteiger partial charge in [-0.25, -0.2) is 13.4 Å². The Labute approximate surface area is 139 Å². The summed E-state index contributed by atoms with van der Waals surface area (Å²) in [5, 5.41) is 3.19. The van der Waals surface area contributed by atoms with Crippen LogP contribution in [0.25, 0.3) is 0 Å². The molecule has 0 radical (unpaired) electrons. The molecule has 0 spiro atoms. The molecule has 8 heteroatoms. The van der Waals surface area contributed by atoms with Crippen LogP contribution in [0.5, 0.6) is 0 Å². The highest BCUT2D eigenvalue weighted by molar-refractivity contribution is 7.88. The molecule has 1 aromatic heterocycles. The van der Waals surface area contributed by atoms with Gasteiger partial charge in [0.2, 0.25) is 15.9 Å². The summed E-state index contributed by atoms with van der Waals surface area (Å²) in [4.78, 5) is 16.4. The van der Waals surface area contributed by atoms with E-state index in [1.54, 1.807) is 0 Å². The van der Waals surface area contributed by atoms with E-state index in [2.05, 4.69) is 10.3 Å². The Kier molecular flexibility index (Phi) is 4.47. The molecule has 0 saturated heterocycles. The van der Waals surface area contributed by atoms with Gasteiger partial charge in [-0.05, 0) is 5.56 Å². The van der Waals surface area contributed by atoms with E-state index >= 15 is 0 Å². The van der Waals surface area contributed by atoms with Gasteiger partial charge >= 0.3 is 0 Å². The van der Waals surface area contributed by atoms with E-state index in [1.165, 1.54) is 22.6 Å². The number of hydrogen-bond donors (Lipinski definition) is 1. The number of hydrogen-bond acceptors (Lipinski definition) is 5. The van der Waals surface area contributed by atoms with Crippen LogP contribution >= 0.6 is 11.3 Å². The summed E-state index contributed by atoms with van der Waals surface area (Å²) in [5.74, 6) is -0.176. The molecule has 1 amide bonds. The molecule has 0 bridgehead atoms. The van der Waals surface area contributed by atoms with Crippen molar-refractivity contribution in [2.24, 2.45) is 0 Å². The number of anilines is 1. The van der Waals surface area contributed by atoms with E-state index in [-0.39, 0.29) is 11.7 Å². The van der Waals surface area contributed by atoms with Crippen molar-refractivity contribution in [2.45, 2.75) is 25.6 Å². The summed E-state index contributed by atoms with van der Waals surface area (Å²) in [6.07, 6.45) is 0.569. The lowest BCUT2D eigenvalue weighted by Gasteiger charge is -2.25. The van der Waals surface area contributed by atoms with Crippen LogP contribution in [0.3, 0.4) is 0 Å². The predicted octanol–water partition coefficient (Wildman–Crippen LogP) is 1.99. The summed E-state index contributed by atoms with van der Waals surface area (Å²) in [7, 11) is -3.37. The molecule has 0 fully saturated rings. The fraction of sp³-hybridized carbons (Fsp3) is 0.333. The first kappa shape index (κ1) is 16.1. The zero-order valence-corrected chi connectivity index (χ0v) is 14.3. The average molecular weight is 351 g/mol. The average Bonchev–Trinajstić information content (AvgIpc) is 2.88. The molecule has 0 unspecified atom stereocenters. The standard InChI is InChI=1S/C15H17N3O3S2/c1-11(19)16-15-17-13-7-8-18(9-14(13)22-15)23(20,21)10-12-5-3-2-4-6-12/h2-6H,7-10H2,1H3,(H,16,17,19). The summed E-state index contributed by atoms with van der Waals surface area (Å²) >= 11 is 1.34. The number of carbonyl (C=O) groups excluding carboxylic acids is 1. The fourth-order valence-corrected chi connectivity index (χ4v) is 5.13. The highest BCUT2D eigenvalue weighted by atomic mass is 32.2. The maximum absolute atomic E-state index is 12.6. The van der Waals surface area contributed by atoms with Crippen LogP contribution in [-0.4, -0.2) is 30.2 Å². The zero-order valence-electron chi connectivity index (χ0n) is 12.7. The number of carbonyl (C=O) groups is 1. The lowest BCUT2D eigenvalue weighted by Crippen LogP contribution is -2.36. The first-order valence-corrected chi connectivity index (χ1v) is 9.64. The number of aromatic nitrogens is 1. The Hall–Kier alpha value is -1.77. The van der Waals surface area contributed by atoms with Crippen molar-refractivity contribution in [3.63, 3.8) is 0 Å². The van der Waals surface area contributed by atoms with Crippen molar-refractivity contribution in [3.8, 4) is 0 Å². The number of amides is 1. The Bertz CT molecular complexity index is 816. The molecule has 1 aliphatic heterocycles. The number of nitrogens with one attached hydrogen (secondary N) is 1. The molecule has 0 atom stereocenters. The van der Waals surface area contributed by atoms with E-state index in [4.69, 9.17) is 0 Å². The number of benzene rings is 1. The maximum atomic E-state index is 12.6. The SMILES string of the molecule is CC(=O)Nc1nc2c(s1)CN(S(=O)(=O)Cc1ccccc1)CC2. The summed E-state index contributed by atoms with van der Waals surface area (Å²) in [5.41, 5.74) is 1.66. The van der Waals surface area contributed by atoms with Gasteiger partial charge in [0.15, 0.2) is 5.13 Å². The van der Waals surface area contributed by atoms with Crippen LogP contribution in [-0.2, 0) is 33.5 Å². The van der Waals surface area contributed by atoms with Gasteiger partial charge in [-0.15, -0.1) is 11.3 Å². The van der Waals surface area contributed by atoms with Gasteiger partial charge in [-0.3, -0.25) is 4.79 Å². The highest BCUT2D eigenvalue weighted by Crippen LogP contribution is 2.30. The van der Waals surface area contributed by atoms with Crippen molar-refractivity contribution < 1.29 is 13.2 Å². The van der Waals surface area contributed by atoms with Crippen molar-refractivity contribution in [3.05, 3.63) is 46.5 Å². The van der Waals surface area contributed by atoms with Gasteiger partial charge in [0.05, 0.1) is 11.4 Å². The lowest BCUT2D eigenvalue weighted by atomic mass is 10.2. The minimum absolute atomic E-state index is 0.000526. The van der Waals surface area contributed by atoms with E-state index < -0.39 is 10.0 Å². The number of sulfonamides is 1. The topological polar surface area (TPSA) is 79.4 Å². The third-order valence-electron chi connectivity index (χ3n) is 3.56. The highest BCUT2D eigenvalue weighted by Gasteiger charge is 2.29. The van der Waals surface area contributed by atoms with Crippen LogP contribution < -0.4 is 5.32 Å². The fourth-order valence-electron chi connectivity index (χ4n) is 2.49. The van der Waals surface area contributed by atoms with E-state index in [1.807, 2.05) is 30.3 Å². The normalized spacial score (nSPS) is 15.2. The van der Waals surface area contributed by atoms with Crippen LogP contribution in [0.2, 0.25) is 0 Å². The van der Waals surface area contributed by atoms with E-state index in [0.29, 0.717) is 24.6 Å². The van der Waals surface area contributed by atoms with Crippen LogP contribution in [0, 0.1) is 0 Å². The Balaban J connectivity index is 1.75. The third kappa shape index (κ3) is 3.77. The quantitative estimate of drug-likeness (QED) is 0.914. The second-order valence-corrected chi connectivity index (χ2v) is 8.45. The second kappa shape index (κ2) is 6.38. The van der Waals surface area contributed by atoms with Crippen LogP contribution in [0.1, 0.15) is 23.1 Å². The maximum Gasteiger partial charge on any atom is 0.223 e. The summed E-state index contributed by atoms with van der Waals surface area (Å²) < 4.78 is 26.7. The predicted molar refractivity (Wildman–Crippen MR) is 89.6 cm³/mol.